The Morgan fingerprint density at radius 2 is 2.09 bits per heavy atom. The van der Waals surface area contributed by atoms with E-state index in [-0.39, 0.29) is 5.41 Å². The monoisotopic (exact) mass is 151 g/mol. The van der Waals surface area contributed by atoms with Crippen molar-refractivity contribution in [3.8, 4) is 0 Å². The van der Waals surface area contributed by atoms with Gasteiger partial charge in [-0.1, -0.05) is 33.8 Å². The van der Waals surface area contributed by atoms with Crippen molar-refractivity contribution in [2.75, 3.05) is 0 Å². The lowest BCUT2D eigenvalue weighted by Crippen LogP contribution is -2.06. The van der Waals surface area contributed by atoms with Crippen molar-refractivity contribution in [3.05, 3.63) is 11.8 Å². The molecule has 0 bridgehead atoms. The Morgan fingerprint density at radius 1 is 1.45 bits per heavy atom. The zero-order valence-corrected chi connectivity index (χ0v) is 7.94. The van der Waals surface area contributed by atoms with Crippen LogP contribution in [0.2, 0.25) is 0 Å². The van der Waals surface area contributed by atoms with Gasteiger partial charge in [0, 0.05) is 23.2 Å². The van der Waals surface area contributed by atoms with Crippen LogP contribution < -0.4 is 0 Å². The standard InChI is InChI=1S/C10H17N/c1-5-8-6-7-9(11-8)10(2,3)4/h7H,5-6H2,1-4H3. The minimum Gasteiger partial charge on any atom is -0.262 e. The van der Waals surface area contributed by atoms with Gasteiger partial charge in [0.05, 0.1) is 0 Å². The predicted octanol–water partition coefficient (Wildman–Crippen LogP) is 3.17. The molecule has 0 unspecified atom stereocenters. The molecule has 0 radical (unpaired) electrons. The van der Waals surface area contributed by atoms with Gasteiger partial charge in [0.1, 0.15) is 0 Å². The number of allylic oxidation sites excluding steroid dienone is 2. The van der Waals surface area contributed by atoms with Crippen molar-refractivity contribution in [2.24, 2.45) is 10.4 Å². The highest BCUT2D eigenvalue weighted by molar-refractivity contribution is 5.88. The van der Waals surface area contributed by atoms with Crippen LogP contribution in [0.4, 0.5) is 0 Å². The van der Waals surface area contributed by atoms with E-state index in [2.05, 4.69) is 38.8 Å². The zero-order valence-electron chi connectivity index (χ0n) is 7.94. The average Bonchev–Trinajstić information content (AvgIpc) is 2.32. The molecule has 11 heavy (non-hydrogen) atoms. The van der Waals surface area contributed by atoms with Crippen molar-refractivity contribution in [3.63, 3.8) is 0 Å². The third-order valence-corrected chi connectivity index (χ3v) is 1.99. The van der Waals surface area contributed by atoms with Crippen molar-refractivity contribution in [1.82, 2.24) is 0 Å². The minimum atomic E-state index is 0.233. The fourth-order valence-electron chi connectivity index (χ4n) is 1.17. The molecular formula is C10H17N. The van der Waals surface area contributed by atoms with Crippen LogP contribution in [0.15, 0.2) is 16.8 Å². The molecular weight excluding hydrogens is 134 g/mol. The summed E-state index contributed by atoms with van der Waals surface area (Å²) < 4.78 is 0. The topological polar surface area (TPSA) is 12.4 Å². The molecule has 0 fully saturated rings. The summed E-state index contributed by atoms with van der Waals surface area (Å²) in [5, 5.41) is 0. The zero-order chi connectivity index (χ0) is 8.48. The number of hydrogen-bond donors (Lipinski definition) is 0. The molecule has 0 amide bonds. The Bertz CT molecular complexity index is 203. The molecule has 1 heteroatoms. The summed E-state index contributed by atoms with van der Waals surface area (Å²) in [6.07, 6.45) is 4.41. The summed E-state index contributed by atoms with van der Waals surface area (Å²) in [6, 6.07) is 0. The second-order valence-corrected chi connectivity index (χ2v) is 4.08. The van der Waals surface area contributed by atoms with Crippen molar-refractivity contribution >= 4 is 5.71 Å². The lowest BCUT2D eigenvalue weighted by Gasteiger charge is -2.16. The molecule has 0 aromatic heterocycles. The van der Waals surface area contributed by atoms with Gasteiger partial charge in [-0.2, -0.15) is 0 Å². The van der Waals surface area contributed by atoms with Crippen LogP contribution in [0.3, 0.4) is 0 Å². The van der Waals surface area contributed by atoms with Gasteiger partial charge in [-0.3, -0.25) is 4.99 Å². The second kappa shape index (κ2) is 2.80. The summed E-state index contributed by atoms with van der Waals surface area (Å²) in [6.45, 7) is 8.79. The van der Waals surface area contributed by atoms with Gasteiger partial charge in [0.15, 0.2) is 0 Å². The number of aliphatic imine (C=N–C) groups is 1. The molecule has 0 atom stereocenters. The van der Waals surface area contributed by atoms with Crippen LogP contribution in [0.25, 0.3) is 0 Å². The predicted molar refractivity (Wildman–Crippen MR) is 49.9 cm³/mol. The van der Waals surface area contributed by atoms with Crippen LogP contribution in [0.1, 0.15) is 40.5 Å². The molecule has 1 nitrogen and oxygen atoms in total. The molecule has 0 aromatic rings. The number of nitrogens with zero attached hydrogens (tertiary/aromatic N) is 1. The molecule has 62 valence electrons. The summed E-state index contributed by atoms with van der Waals surface area (Å²) in [7, 11) is 0. The molecule has 1 heterocycles. The molecule has 1 aliphatic heterocycles. The average molecular weight is 151 g/mol. The maximum atomic E-state index is 4.56. The first-order chi connectivity index (χ1) is 5.04. The lowest BCUT2D eigenvalue weighted by atomic mass is 9.92. The van der Waals surface area contributed by atoms with Crippen LogP contribution in [0, 0.1) is 5.41 Å². The molecule has 0 spiro atoms. The minimum absolute atomic E-state index is 0.233. The van der Waals surface area contributed by atoms with E-state index in [9.17, 15) is 0 Å². The summed E-state index contributed by atoms with van der Waals surface area (Å²) in [4.78, 5) is 4.56. The highest BCUT2D eigenvalue weighted by atomic mass is 14.8. The van der Waals surface area contributed by atoms with E-state index in [1.54, 1.807) is 0 Å². The Morgan fingerprint density at radius 3 is 2.36 bits per heavy atom. The Hall–Kier alpha value is -0.590. The van der Waals surface area contributed by atoms with Gasteiger partial charge in [0.2, 0.25) is 0 Å². The smallest absolute Gasteiger partial charge is 0.0420 e. The Labute approximate surface area is 69.2 Å². The van der Waals surface area contributed by atoms with E-state index in [0.717, 1.165) is 12.8 Å². The highest BCUT2D eigenvalue weighted by Gasteiger charge is 2.19. The van der Waals surface area contributed by atoms with Gasteiger partial charge >= 0.3 is 0 Å². The SMILES string of the molecule is CCC1=NC(C(C)(C)C)=CC1. The third kappa shape index (κ3) is 1.92. The fraction of sp³-hybridized carbons (Fsp3) is 0.700. The van der Waals surface area contributed by atoms with E-state index in [4.69, 9.17) is 0 Å². The van der Waals surface area contributed by atoms with E-state index in [0.29, 0.717) is 0 Å². The maximum Gasteiger partial charge on any atom is 0.0420 e. The van der Waals surface area contributed by atoms with Gasteiger partial charge in [-0.15, -0.1) is 0 Å². The summed E-state index contributed by atoms with van der Waals surface area (Å²) in [5.74, 6) is 0. The van der Waals surface area contributed by atoms with Gasteiger partial charge < -0.3 is 0 Å². The Balaban J connectivity index is 2.72. The first-order valence-corrected chi connectivity index (χ1v) is 4.31. The molecule has 0 saturated carbocycles. The fourth-order valence-corrected chi connectivity index (χ4v) is 1.17. The molecule has 1 rings (SSSR count). The molecule has 0 N–H and O–H groups in total. The second-order valence-electron chi connectivity index (χ2n) is 4.08. The third-order valence-electron chi connectivity index (χ3n) is 1.99. The first kappa shape index (κ1) is 8.51. The first-order valence-electron chi connectivity index (χ1n) is 4.31. The maximum absolute atomic E-state index is 4.56. The largest absolute Gasteiger partial charge is 0.262 e. The van der Waals surface area contributed by atoms with Gasteiger partial charge in [0.25, 0.3) is 0 Å². The Kier molecular flexibility index (Phi) is 2.17. The molecule has 0 aromatic carbocycles. The lowest BCUT2D eigenvalue weighted by molar-refractivity contribution is 0.499. The van der Waals surface area contributed by atoms with Crippen LogP contribution in [0.5, 0.6) is 0 Å². The van der Waals surface area contributed by atoms with E-state index in [1.807, 2.05) is 0 Å². The van der Waals surface area contributed by atoms with Gasteiger partial charge in [-0.05, 0) is 6.42 Å². The van der Waals surface area contributed by atoms with Crippen LogP contribution in [-0.4, -0.2) is 5.71 Å². The summed E-state index contributed by atoms with van der Waals surface area (Å²) in [5.41, 5.74) is 2.82. The normalized spacial score (nSPS) is 18.2. The summed E-state index contributed by atoms with van der Waals surface area (Å²) >= 11 is 0. The molecule has 0 aliphatic carbocycles. The van der Waals surface area contributed by atoms with Crippen molar-refractivity contribution < 1.29 is 0 Å². The van der Waals surface area contributed by atoms with Gasteiger partial charge in [-0.25, -0.2) is 0 Å². The van der Waals surface area contributed by atoms with E-state index < -0.39 is 0 Å². The van der Waals surface area contributed by atoms with Crippen molar-refractivity contribution in [2.45, 2.75) is 40.5 Å². The van der Waals surface area contributed by atoms with Crippen LogP contribution >= 0.6 is 0 Å². The number of rotatable bonds is 1. The molecule has 0 saturated heterocycles. The highest BCUT2D eigenvalue weighted by Crippen LogP contribution is 2.30. The van der Waals surface area contributed by atoms with E-state index in [1.165, 1.54) is 11.4 Å². The quantitative estimate of drug-likeness (QED) is 0.546. The number of hydrogen-bond acceptors (Lipinski definition) is 1. The van der Waals surface area contributed by atoms with Crippen LogP contribution in [-0.2, 0) is 0 Å². The van der Waals surface area contributed by atoms with Crippen molar-refractivity contribution in [1.29, 1.82) is 0 Å². The molecule has 1 aliphatic rings. The van der Waals surface area contributed by atoms with E-state index >= 15 is 0 Å².